The molecule has 0 spiro atoms. The van der Waals surface area contributed by atoms with Gasteiger partial charge in [0.2, 0.25) is 0 Å². The zero-order valence-electron chi connectivity index (χ0n) is 8.16. The van der Waals surface area contributed by atoms with Gasteiger partial charge in [0.15, 0.2) is 0 Å². The van der Waals surface area contributed by atoms with Crippen LogP contribution in [0.2, 0.25) is 0 Å². The summed E-state index contributed by atoms with van der Waals surface area (Å²) >= 11 is 0. The Morgan fingerprint density at radius 3 is 2.83 bits per heavy atom. The number of likely N-dealkylation sites (tertiary alicyclic amines) is 1. The fourth-order valence-corrected chi connectivity index (χ4v) is 1.92. The predicted octanol–water partition coefficient (Wildman–Crippen LogP) is 1.23. The number of allylic oxidation sites excluding steroid dienone is 1. The molecule has 1 aliphatic heterocycles. The van der Waals surface area contributed by atoms with Crippen LogP contribution in [0.5, 0.6) is 0 Å². The van der Waals surface area contributed by atoms with Crippen LogP contribution in [-0.4, -0.2) is 30.6 Å². The molecular formula is C10H20N2. The van der Waals surface area contributed by atoms with Gasteiger partial charge in [-0.25, -0.2) is 0 Å². The van der Waals surface area contributed by atoms with Gasteiger partial charge in [-0.05, 0) is 19.3 Å². The lowest BCUT2D eigenvalue weighted by Gasteiger charge is -2.33. The minimum absolute atomic E-state index is 0.388. The lowest BCUT2D eigenvalue weighted by molar-refractivity contribution is 0.181. The fraction of sp³-hybridized carbons (Fsp3) is 0.800. The second-order valence-corrected chi connectivity index (χ2v) is 3.89. The lowest BCUT2D eigenvalue weighted by Crippen LogP contribution is -2.46. The van der Waals surface area contributed by atoms with E-state index in [2.05, 4.69) is 30.9 Å². The lowest BCUT2D eigenvalue weighted by atomic mass is 9.97. The second kappa shape index (κ2) is 4.63. The van der Waals surface area contributed by atoms with Gasteiger partial charge in [0, 0.05) is 25.7 Å². The van der Waals surface area contributed by atoms with E-state index in [1.807, 2.05) is 0 Å². The maximum atomic E-state index is 5.92. The minimum Gasteiger partial charge on any atom is -0.327 e. The third-order valence-electron chi connectivity index (χ3n) is 2.37. The van der Waals surface area contributed by atoms with Crippen LogP contribution in [0.1, 0.15) is 20.3 Å². The molecule has 2 heteroatoms. The van der Waals surface area contributed by atoms with Gasteiger partial charge in [-0.15, -0.1) is 0 Å². The third kappa shape index (κ3) is 2.95. The van der Waals surface area contributed by atoms with E-state index >= 15 is 0 Å². The number of nitrogens with two attached hydrogens (primary N) is 1. The van der Waals surface area contributed by atoms with E-state index in [-0.39, 0.29) is 0 Å². The van der Waals surface area contributed by atoms with Crippen molar-refractivity contribution in [3.8, 4) is 0 Å². The van der Waals surface area contributed by atoms with Crippen LogP contribution >= 0.6 is 0 Å². The smallest absolute Gasteiger partial charge is 0.0170 e. The van der Waals surface area contributed by atoms with Crippen LogP contribution < -0.4 is 5.73 Å². The Morgan fingerprint density at radius 1 is 1.50 bits per heavy atom. The van der Waals surface area contributed by atoms with Crippen molar-refractivity contribution in [1.82, 2.24) is 4.90 Å². The van der Waals surface area contributed by atoms with Crippen LogP contribution in [0.15, 0.2) is 12.2 Å². The van der Waals surface area contributed by atoms with E-state index in [0.717, 1.165) is 19.0 Å². The number of nitrogens with zero attached hydrogens (tertiary/aromatic N) is 1. The molecule has 0 amide bonds. The highest BCUT2D eigenvalue weighted by Gasteiger charge is 2.20. The normalized spacial score (nSPS) is 32.9. The summed E-state index contributed by atoms with van der Waals surface area (Å²) in [5.74, 6) is 0.763. The summed E-state index contributed by atoms with van der Waals surface area (Å²) in [6, 6.07) is 0.388. The maximum absolute atomic E-state index is 5.92. The van der Waals surface area contributed by atoms with Crippen molar-refractivity contribution in [2.45, 2.75) is 26.3 Å². The molecule has 0 aliphatic carbocycles. The van der Waals surface area contributed by atoms with Crippen molar-refractivity contribution in [2.24, 2.45) is 11.7 Å². The summed E-state index contributed by atoms with van der Waals surface area (Å²) in [5, 5.41) is 0. The molecule has 2 atom stereocenters. The van der Waals surface area contributed by atoms with Gasteiger partial charge in [-0.1, -0.05) is 19.1 Å². The summed E-state index contributed by atoms with van der Waals surface area (Å²) in [6.45, 7) is 7.68. The third-order valence-corrected chi connectivity index (χ3v) is 2.37. The molecule has 1 rings (SSSR count). The Balaban J connectivity index is 2.33. The zero-order chi connectivity index (χ0) is 8.97. The van der Waals surface area contributed by atoms with Gasteiger partial charge in [0.25, 0.3) is 0 Å². The number of rotatable bonds is 2. The molecule has 70 valence electrons. The van der Waals surface area contributed by atoms with Gasteiger partial charge in [0.1, 0.15) is 0 Å². The van der Waals surface area contributed by atoms with Crippen molar-refractivity contribution >= 4 is 0 Å². The van der Waals surface area contributed by atoms with E-state index < -0.39 is 0 Å². The first-order valence-corrected chi connectivity index (χ1v) is 4.81. The molecule has 0 saturated carbocycles. The van der Waals surface area contributed by atoms with Crippen molar-refractivity contribution in [1.29, 1.82) is 0 Å². The molecule has 2 nitrogen and oxygen atoms in total. The van der Waals surface area contributed by atoms with Crippen molar-refractivity contribution in [3.05, 3.63) is 12.2 Å². The van der Waals surface area contributed by atoms with Gasteiger partial charge < -0.3 is 5.73 Å². The standard InChI is InChI=1S/C10H20N2/c1-3-4-5-12-7-9(2)6-10(11)8-12/h3-4,9-10H,5-8,11H2,1-2H3/b4-3+. The van der Waals surface area contributed by atoms with Crippen LogP contribution in [0, 0.1) is 5.92 Å². The fourth-order valence-electron chi connectivity index (χ4n) is 1.92. The number of hydrogen-bond acceptors (Lipinski definition) is 2. The highest BCUT2D eigenvalue weighted by molar-refractivity contribution is 4.86. The second-order valence-electron chi connectivity index (χ2n) is 3.89. The molecule has 2 unspecified atom stereocenters. The van der Waals surface area contributed by atoms with Gasteiger partial charge in [0.05, 0.1) is 0 Å². The van der Waals surface area contributed by atoms with E-state index in [1.165, 1.54) is 13.0 Å². The predicted molar refractivity (Wildman–Crippen MR) is 53.0 cm³/mol. The average Bonchev–Trinajstić information content (AvgIpc) is 1.99. The van der Waals surface area contributed by atoms with E-state index in [1.54, 1.807) is 0 Å². The Morgan fingerprint density at radius 2 is 2.25 bits per heavy atom. The first-order chi connectivity index (χ1) is 5.72. The molecule has 12 heavy (non-hydrogen) atoms. The molecular weight excluding hydrogens is 148 g/mol. The van der Waals surface area contributed by atoms with Crippen LogP contribution in [0.4, 0.5) is 0 Å². The molecule has 0 aromatic heterocycles. The molecule has 1 heterocycles. The zero-order valence-corrected chi connectivity index (χ0v) is 8.16. The Hall–Kier alpha value is -0.340. The Bertz CT molecular complexity index is 144. The Kier molecular flexibility index (Phi) is 3.76. The SMILES string of the molecule is C/C=C/CN1CC(C)CC(N)C1. The largest absolute Gasteiger partial charge is 0.327 e. The molecule has 1 saturated heterocycles. The van der Waals surface area contributed by atoms with Gasteiger partial charge in [-0.3, -0.25) is 4.90 Å². The maximum Gasteiger partial charge on any atom is 0.0170 e. The highest BCUT2D eigenvalue weighted by atomic mass is 15.1. The molecule has 1 fully saturated rings. The van der Waals surface area contributed by atoms with E-state index in [0.29, 0.717) is 6.04 Å². The highest BCUT2D eigenvalue weighted by Crippen LogP contribution is 2.14. The van der Waals surface area contributed by atoms with Crippen molar-refractivity contribution in [3.63, 3.8) is 0 Å². The van der Waals surface area contributed by atoms with Gasteiger partial charge >= 0.3 is 0 Å². The minimum atomic E-state index is 0.388. The molecule has 0 aromatic rings. The van der Waals surface area contributed by atoms with E-state index in [4.69, 9.17) is 5.73 Å². The van der Waals surface area contributed by atoms with Crippen molar-refractivity contribution < 1.29 is 0 Å². The van der Waals surface area contributed by atoms with Crippen molar-refractivity contribution in [2.75, 3.05) is 19.6 Å². The monoisotopic (exact) mass is 168 g/mol. The topological polar surface area (TPSA) is 29.3 Å². The number of hydrogen-bond donors (Lipinski definition) is 1. The summed E-state index contributed by atoms with van der Waals surface area (Å²) in [7, 11) is 0. The summed E-state index contributed by atoms with van der Waals surface area (Å²) in [5.41, 5.74) is 5.92. The first-order valence-electron chi connectivity index (χ1n) is 4.81. The Labute approximate surface area is 75.4 Å². The van der Waals surface area contributed by atoms with Crippen LogP contribution in [0.3, 0.4) is 0 Å². The quantitative estimate of drug-likeness (QED) is 0.628. The summed E-state index contributed by atoms with van der Waals surface area (Å²) < 4.78 is 0. The molecule has 0 radical (unpaired) electrons. The molecule has 2 N–H and O–H groups in total. The first kappa shape index (κ1) is 9.75. The number of piperidine rings is 1. The molecule has 0 aromatic carbocycles. The molecule has 0 bridgehead atoms. The van der Waals surface area contributed by atoms with Gasteiger partial charge in [-0.2, -0.15) is 0 Å². The summed E-state index contributed by atoms with van der Waals surface area (Å²) in [4.78, 5) is 2.43. The van der Waals surface area contributed by atoms with Crippen LogP contribution in [0.25, 0.3) is 0 Å². The molecule has 1 aliphatic rings. The van der Waals surface area contributed by atoms with Crippen LogP contribution in [-0.2, 0) is 0 Å². The summed E-state index contributed by atoms with van der Waals surface area (Å²) in [6.07, 6.45) is 5.49. The average molecular weight is 168 g/mol. The van der Waals surface area contributed by atoms with E-state index in [9.17, 15) is 0 Å².